The SMILES string of the molecule is CC.CC(C)N(C1CCC2=Cc3c(cnn3-c3ccc(F)cc3)CC2(C(=O)c2cc(Cl)ccn2)C1)S(=O)c1ccc(Cl)nc1. The van der Waals surface area contributed by atoms with E-state index in [1.54, 1.807) is 53.5 Å². The van der Waals surface area contributed by atoms with Crippen molar-refractivity contribution in [2.24, 2.45) is 5.41 Å². The molecule has 3 heterocycles. The quantitative estimate of drug-likeness (QED) is 0.149. The van der Waals surface area contributed by atoms with Crippen molar-refractivity contribution in [1.29, 1.82) is 0 Å². The zero-order valence-electron chi connectivity index (χ0n) is 25.0. The van der Waals surface area contributed by atoms with Crippen LogP contribution in [0.3, 0.4) is 0 Å². The van der Waals surface area contributed by atoms with E-state index in [1.165, 1.54) is 18.3 Å². The molecular weight excluding hydrogens is 620 g/mol. The fraction of sp³-hybridized carbons (Fsp3) is 0.333. The molecule has 6 rings (SSSR count). The van der Waals surface area contributed by atoms with Crippen molar-refractivity contribution in [3.8, 4) is 5.69 Å². The van der Waals surface area contributed by atoms with Gasteiger partial charge in [0.1, 0.15) is 27.6 Å². The number of carbonyl (C=O) groups excluding carboxylic acids is 1. The van der Waals surface area contributed by atoms with Crippen LogP contribution < -0.4 is 0 Å². The minimum Gasteiger partial charge on any atom is -0.291 e. The first-order valence-electron chi connectivity index (χ1n) is 14.7. The normalized spacial score (nSPS) is 19.8. The van der Waals surface area contributed by atoms with E-state index in [4.69, 9.17) is 23.2 Å². The summed E-state index contributed by atoms with van der Waals surface area (Å²) in [6.07, 6.45) is 9.06. The number of pyridine rings is 2. The van der Waals surface area contributed by atoms with Crippen molar-refractivity contribution >= 4 is 46.0 Å². The number of hydrogen-bond donors (Lipinski definition) is 0. The number of aromatic nitrogens is 4. The summed E-state index contributed by atoms with van der Waals surface area (Å²) in [5, 5.41) is 5.38. The number of allylic oxidation sites excluding steroid dienone is 1. The molecule has 0 bridgehead atoms. The molecule has 0 radical (unpaired) electrons. The molecule has 1 aromatic carbocycles. The molecule has 0 amide bonds. The van der Waals surface area contributed by atoms with Crippen molar-refractivity contribution in [2.75, 3.05) is 0 Å². The maximum absolute atomic E-state index is 14.5. The first kappa shape index (κ1) is 32.2. The van der Waals surface area contributed by atoms with Crippen LogP contribution in [0, 0.1) is 11.2 Å². The lowest BCUT2D eigenvalue weighted by molar-refractivity contribution is 0.0727. The molecule has 0 N–H and O–H groups in total. The number of nitrogens with zero attached hydrogens (tertiary/aromatic N) is 5. The Labute approximate surface area is 269 Å². The topological polar surface area (TPSA) is 81.0 Å². The molecule has 0 saturated heterocycles. The first-order chi connectivity index (χ1) is 21.2. The van der Waals surface area contributed by atoms with Gasteiger partial charge in [-0.3, -0.25) is 9.78 Å². The van der Waals surface area contributed by atoms with Crippen LogP contribution in [0.4, 0.5) is 4.39 Å². The van der Waals surface area contributed by atoms with Crippen LogP contribution in [0.5, 0.6) is 0 Å². The highest BCUT2D eigenvalue weighted by atomic mass is 35.5. The van der Waals surface area contributed by atoms with E-state index in [9.17, 15) is 13.4 Å². The summed E-state index contributed by atoms with van der Waals surface area (Å²) in [5.41, 5.74) is 2.84. The second-order valence-electron chi connectivity index (χ2n) is 11.0. The number of Topliss-reactive ketones (excluding diaryl/α,β-unsaturated/α-hetero) is 1. The molecule has 3 unspecified atom stereocenters. The Morgan fingerprint density at radius 3 is 2.50 bits per heavy atom. The molecule has 0 aliphatic heterocycles. The van der Waals surface area contributed by atoms with Gasteiger partial charge in [-0.05, 0) is 99.7 Å². The maximum atomic E-state index is 14.5. The van der Waals surface area contributed by atoms with Crippen molar-refractivity contribution in [3.63, 3.8) is 0 Å². The highest BCUT2D eigenvalue weighted by Gasteiger charge is 2.51. The number of rotatable bonds is 7. The van der Waals surface area contributed by atoms with Gasteiger partial charge in [0.15, 0.2) is 5.78 Å². The molecule has 2 aliphatic carbocycles. The van der Waals surface area contributed by atoms with Crippen LogP contribution in [0.25, 0.3) is 11.8 Å². The minimum absolute atomic E-state index is 0.0751. The van der Waals surface area contributed by atoms with Crippen LogP contribution in [0.15, 0.2) is 77.6 Å². The molecule has 7 nitrogen and oxygen atoms in total. The van der Waals surface area contributed by atoms with Gasteiger partial charge >= 0.3 is 0 Å². The van der Waals surface area contributed by atoms with Crippen molar-refractivity contribution in [1.82, 2.24) is 24.1 Å². The van der Waals surface area contributed by atoms with Crippen molar-refractivity contribution in [2.45, 2.75) is 70.4 Å². The number of halogens is 3. The lowest BCUT2D eigenvalue weighted by Gasteiger charge is -2.47. The predicted molar refractivity (Wildman–Crippen MR) is 173 cm³/mol. The van der Waals surface area contributed by atoms with E-state index in [0.29, 0.717) is 46.4 Å². The van der Waals surface area contributed by atoms with Gasteiger partial charge in [-0.2, -0.15) is 5.10 Å². The Kier molecular flexibility index (Phi) is 9.80. The van der Waals surface area contributed by atoms with Crippen LogP contribution in [0.2, 0.25) is 10.2 Å². The highest BCUT2D eigenvalue weighted by molar-refractivity contribution is 7.82. The third-order valence-corrected chi connectivity index (χ3v) is 10.3. The van der Waals surface area contributed by atoms with Gasteiger partial charge in [-0.25, -0.2) is 22.6 Å². The molecule has 1 fully saturated rings. The average Bonchev–Trinajstić information content (AvgIpc) is 3.43. The fourth-order valence-corrected chi connectivity index (χ4v) is 7.87. The molecule has 0 spiro atoms. The smallest absolute Gasteiger partial charge is 0.191 e. The average molecular weight is 655 g/mol. The summed E-state index contributed by atoms with van der Waals surface area (Å²) in [6.45, 7) is 8.01. The number of ketones is 1. The summed E-state index contributed by atoms with van der Waals surface area (Å²) in [7, 11) is -1.52. The highest BCUT2D eigenvalue weighted by Crippen LogP contribution is 2.51. The van der Waals surface area contributed by atoms with Gasteiger partial charge in [0, 0.05) is 29.5 Å². The van der Waals surface area contributed by atoms with Gasteiger partial charge < -0.3 is 0 Å². The van der Waals surface area contributed by atoms with Gasteiger partial charge in [0.2, 0.25) is 0 Å². The van der Waals surface area contributed by atoms with Crippen molar-refractivity contribution < 1.29 is 13.4 Å². The van der Waals surface area contributed by atoms with Gasteiger partial charge in [0.25, 0.3) is 0 Å². The fourth-order valence-electron chi connectivity index (χ4n) is 6.20. The van der Waals surface area contributed by atoms with E-state index >= 15 is 0 Å². The Morgan fingerprint density at radius 2 is 1.84 bits per heavy atom. The van der Waals surface area contributed by atoms with Gasteiger partial charge in [-0.1, -0.05) is 42.6 Å². The van der Waals surface area contributed by atoms with Crippen LogP contribution in [-0.2, 0) is 17.4 Å². The summed E-state index contributed by atoms with van der Waals surface area (Å²) in [5.74, 6) is -0.444. The summed E-state index contributed by atoms with van der Waals surface area (Å²) < 4.78 is 31.3. The van der Waals surface area contributed by atoms with Crippen LogP contribution in [0.1, 0.15) is 68.7 Å². The monoisotopic (exact) mass is 653 g/mol. The van der Waals surface area contributed by atoms with E-state index in [1.807, 2.05) is 38.1 Å². The molecule has 1 saturated carbocycles. The van der Waals surface area contributed by atoms with Crippen LogP contribution >= 0.6 is 23.2 Å². The Morgan fingerprint density at radius 1 is 1.09 bits per heavy atom. The molecule has 230 valence electrons. The number of benzene rings is 1. The molecule has 3 aromatic heterocycles. The standard InChI is InChI=1S/C31H28Cl2FN5O2S.C2H6/c1-19(2)39(42(41)26-9-10-29(33)36-18-26)25-6-3-21-13-28-20(17-37-38(28)24-7-4-23(34)5-8-24)15-31(21,16-25)30(40)27-14-22(32)11-12-35-27;1-2/h4-5,7-14,17-19,25H,3,6,15-16H2,1-2H3;1-2H3. The number of carbonyl (C=O) groups is 1. The second kappa shape index (κ2) is 13.4. The Balaban J connectivity index is 0.00000188. The molecular formula is C33H34Cl2FN5O2S. The third-order valence-electron chi connectivity index (χ3n) is 8.06. The zero-order chi connectivity index (χ0) is 31.6. The molecule has 3 atom stereocenters. The molecule has 44 heavy (non-hydrogen) atoms. The third kappa shape index (κ3) is 6.15. The maximum Gasteiger partial charge on any atom is 0.191 e. The van der Waals surface area contributed by atoms with E-state index < -0.39 is 16.4 Å². The minimum atomic E-state index is -1.52. The largest absolute Gasteiger partial charge is 0.291 e. The Hall–Kier alpha value is -3.24. The lowest BCUT2D eigenvalue weighted by Crippen LogP contribution is -2.51. The molecule has 2 aliphatic rings. The van der Waals surface area contributed by atoms with E-state index in [2.05, 4.69) is 15.1 Å². The first-order valence-corrected chi connectivity index (χ1v) is 16.5. The summed E-state index contributed by atoms with van der Waals surface area (Å²) >= 11 is 12.3. The second-order valence-corrected chi connectivity index (χ2v) is 13.2. The zero-order valence-corrected chi connectivity index (χ0v) is 27.3. The lowest BCUT2D eigenvalue weighted by atomic mass is 9.60. The summed E-state index contributed by atoms with van der Waals surface area (Å²) in [6, 6.07) is 12.5. The molecule has 11 heteroatoms. The summed E-state index contributed by atoms with van der Waals surface area (Å²) in [4.78, 5) is 23.6. The predicted octanol–water partition coefficient (Wildman–Crippen LogP) is 7.93. The van der Waals surface area contributed by atoms with Crippen LogP contribution in [-0.4, -0.2) is 46.1 Å². The van der Waals surface area contributed by atoms with Gasteiger partial charge in [0.05, 0.1) is 27.9 Å². The van der Waals surface area contributed by atoms with E-state index in [0.717, 1.165) is 22.5 Å². The molecule has 4 aromatic rings. The number of fused-ring (bicyclic) bond motifs is 2. The van der Waals surface area contributed by atoms with E-state index in [-0.39, 0.29) is 23.7 Å². The van der Waals surface area contributed by atoms with Crippen molar-refractivity contribution in [3.05, 3.63) is 106 Å². The van der Waals surface area contributed by atoms with Gasteiger partial charge in [-0.15, -0.1) is 0 Å². The number of hydrogen-bond acceptors (Lipinski definition) is 5. The Bertz CT molecular complexity index is 1710.